The molecule has 1 fully saturated rings. The Morgan fingerprint density at radius 2 is 1.84 bits per heavy atom. The molecule has 5 rings (SSSR count). The zero-order valence-corrected chi connectivity index (χ0v) is 17.1. The second kappa shape index (κ2) is 8.57. The molecule has 1 aliphatic rings. The minimum absolute atomic E-state index is 0.228. The van der Waals surface area contributed by atoms with Gasteiger partial charge in [0, 0.05) is 37.0 Å². The molecule has 0 bridgehead atoms. The average Bonchev–Trinajstić information content (AvgIpc) is 3.24. The Hall–Kier alpha value is -3.71. The fraction of sp³-hybridized carbons (Fsp3) is 0.208. The molecule has 0 atom stereocenters. The fourth-order valence-corrected chi connectivity index (χ4v) is 3.71. The van der Waals surface area contributed by atoms with E-state index in [1.807, 2.05) is 34.8 Å². The third-order valence-electron chi connectivity index (χ3n) is 5.23. The molecule has 2 aromatic carbocycles. The van der Waals surface area contributed by atoms with Gasteiger partial charge in [0.15, 0.2) is 5.65 Å². The van der Waals surface area contributed by atoms with Gasteiger partial charge in [-0.2, -0.15) is 9.61 Å². The van der Waals surface area contributed by atoms with E-state index in [1.165, 1.54) is 0 Å². The van der Waals surface area contributed by atoms with E-state index in [-0.39, 0.29) is 5.75 Å². The number of hydrogen-bond donors (Lipinski definition) is 1. The number of phenolic OH excluding ortho intramolecular Hbond substituents is 1. The van der Waals surface area contributed by atoms with E-state index in [4.69, 9.17) is 14.8 Å². The molecule has 3 heterocycles. The van der Waals surface area contributed by atoms with Crippen LogP contribution < -0.4 is 4.90 Å². The van der Waals surface area contributed by atoms with Gasteiger partial charge in [-0.05, 0) is 17.7 Å². The van der Waals surface area contributed by atoms with Gasteiger partial charge in [0.1, 0.15) is 11.6 Å². The van der Waals surface area contributed by atoms with Gasteiger partial charge in [0.25, 0.3) is 0 Å². The molecule has 156 valence electrons. The number of benzene rings is 2. The SMILES string of the molecule is Oc1cccc(C=NCc2cc(N3CCOCC3)n3nc(-c4ccccc4)cc3n2)c1. The van der Waals surface area contributed by atoms with Crippen LogP contribution in [0.2, 0.25) is 0 Å². The number of fused-ring (bicyclic) bond motifs is 1. The van der Waals surface area contributed by atoms with E-state index in [2.05, 4.69) is 28.1 Å². The van der Waals surface area contributed by atoms with Crippen molar-refractivity contribution in [2.75, 3.05) is 31.2 Å². The van der Waals surface area contributed by atoms with Crippen molar-refractivity contribution in [1.82, 2.24) is 14.6 Å². The van der Waals surface area contributed by atoms with E-state index < -0.39 is 0 Å². The summed E-state index contributed by atoms with van der Waals surface area (Å²) in [5.41, 5.74) is 4.47. The first kappa shape index (κ1) is 19.3. The standard InChI is InChI=1S/C24H23N5O2/c30-21-8-4-5-18(13-21)16-25-17-20-14-24(28-9-11-31-12-10-28)29-23(26-20)15-22(27-29)19-6-2-1-3-7-19/h1-8,13-16,30H,9-12,17H2. The van der Waals surface area contributed by atoms with Gasteiger partial charge in [-0.25, -0.2) is 4.98 Å². The molecule has 31 heavy (non-hydrogen) atoms. The summed E-state index contributed by atoms with van der Waals surface area (Å²) in [6.07, 6.45) is 1.76. The lowest BCUT2D eigenvalue weighted by Gasteiger charge is -2.29. The van der Waals surface area contributed by atoms with Gasteiger partial charge in [0.05, 0.1) is 31.1 Å². The third-order valence-corrected chi connectivity index (χ3v) is 5.23. The third kappa shape index (κ3) is 4.27. The maximum absolute atomic E-state index is 9.63. The number of morpholine rings is 1. The van der Waals surface area contributed by atoms with Crippen LogP contribution >= 0.6 is 0 Å². The molecule has 1 aliphatic heterocycles. The minimum Gasteiger partial charge on any atom is -0.508 e. The van der Waals surface area contributed by atoms with E-state index in [0.29, 0.717) is 19.8 Å². The predicted octanol–water partition coefficient (Wildman–Crippen LogP) is 3.56. The van der Waals surface area contributed by atoms with Crippen LogP contribution in [0.25, 0.3) is 16.9 Å². The lowest BCUT2D eigenvalue weighted by molar-refractivity contribution is 0.122. The first-order valence-corrected chi connectivity index (χ1v) is 10.3. The zero-order valence-electron chi connectivity index (χ0n) is 17.1. The molecule has 0 unspecified atom stereocenters. The lowest BCUT2D eigenvalue weighted by Crippen LogP contribution is -2.37. The highest BCUT2D eigenvalue weighted by atomic mass is 16.5. The summed E-state index contributed by atoms with van der Waals surface area (Å²) in [5, 5.41) is 14.5. The molecule has 7 nitrogen and oxygen atoms in total. The minimum atomic E-state index is 0.228. The van der Waals surface area contributed by atoms with Crippen molar-refractivity contribution in [1.29, 1.82) is 0 Å². The quantitative estimate of drug-likeness (QED) is 0.507. The maximum atomic E-state index is 9.63. The Bertz CT molecular complexity index is 1210. The van der Waals surface area contributed by atoms with Crippen molar-refractivity contribution in [3.05, 3.63) is 78.0 Å². The molecule has 0 radical (unpaired) electrons. The number of ether oxygens (including phenoxy) is 1. The molecular weight excluding hydrogens is 390 g/mol. The summed E-state index contributed by atoms with van der Waals surface area (Å²) in [4.78, 5) is 11.6. The topological polar surface area (TPSA) is 75.2 Å². The largest absolute Gasteiger partial charge is 0.508 e. The summed E-state index contributed by atoms with van der Waals surface area (Å²) in [6.45, 7) is 3.45. The highest BCUT2D eigenvalue weighted by molar-refractivity contribution is 5.80. The van der Waals surface area contributed by atoms with E-state index >= 15 is 0 Å². The van der Waals surface area contributed by atoms with E-state index in [1.54, 1.807) is 24.4 Å². The number of aromatic nitrogens is 3. The van der Waals surface area contributed by atoms with Crippen LogP contribution in [0.5, 0.6) is 5.75 Å². The van der Waals surface area contributed by atoms with Crippen LogP contribution in [-0.4, -0.2) is 52.2 Å². The molecular formula is C24H23N5O2. The normalized spacial score (nSPS) is 14.5. The Kier molecular flexibility index (Phi) is 5.33. The highest BCUT2D eigenvalue weighted by Crippen LogP contribution is 2.24. The molecule has 7 heteroatoms. The fourth-order valence-electron chi connectivity index (χ4n) is 3.71. The van der Waals surface area contributed by atoms with Crippen molar-refractivity contribution in [2.45, 2.75) is 6.54 Å². The van der Waals surface area contributed by atoms with Crippen LogP contribution in [0, 0.1) is 0 Å². The van der Waals surface area contributed by atoms with Crippen LogP contribution in [-0.2, 0) is 11.3 Å². The Balaban J connectivity index is 1.50. The number of rotatable bonds is 5. The van der Waals surface area contributed by atoms with Gasteiger partial charge in [-0.1, -0.05) is 42.5 Å². The Morgan fingerprint density at radius 3 is 2.65 bits per heavy atom. The number of hydrogen-bond acceptors (Lipinski definition) is 6. The first-order chi connectivity index (χ1) is 15.3. The first-order valence-electron chi connectivity index (χ1n) is 10.3. The van der Waals surface area contributed by atoms with Gasteiger partial charge in [0.2, 0.25) is 0 Å². The summed E-state index contributed by atoms with van der Waals surface area (Å²) in [6, 6.07) is 21.2. The number of aliphatic imine (C=N–C) groups is 1. The van der Waals surface area contributed by atoms with E-state index in [9.17, 15) is 5.11 Å². The predicted molar refractivity (Wildman–Crippen MR) is 121 cm³/mol. The van der Waals surface area contributed by atoms with Crippen molar-refractivity contribution in [2.24, 2.45) is 4.99 Å². The number of anilines is 1. The second-order valence-corrected chi connectivity index (χ2v) is 7.44. The van der Waals surface area contributed by atoms with E-state index in [0.717, 1.165) is 47.1 Å². The maximum Gasteiger partial charge on any atom is 0.158 e. The van der Waals surface area contributed by atoms with Crippen molar-refractivity contribution >= 4 is 17.7 Å². The Labute approximate surface area is 180 Å². The highest BCUT2D eigenvalue weighted by Gasteiger charge is 2.18. The molecule has 2 aromatic heterocycles. The van der Waals surface area contributed by atoms with Crippen LogP contribution in [0.3, 0.4) is 0 Å². The van der Waals surface area contributed by atoms with Gasteiger partial charge < -0.3 is 14.7 Å². The molecule has 0 aliphatic carbocycles. The lowest BCUT2D eigenvalue weighted by atomic mass is 10.2. The second-order valence-electron chi connectivity index (χ2n) is 7.44. The monoisotopic (exact) mass is 413 g/mol. The summed E-state index contributed by atoms with van der Waals surface area (Å²) >= 11 is 0. The van der Waals surface area contributed by atoms with Crippen molar-refractivity contribution in [3.8, 4) is 17.0 Å². The smallest absolute Gasteiger partial charge is 0.158 e. The molecule has 1 N–H and O–H groups in total. The average molecular weight is 413 g/mol. The Morgan fingerprint density at radius 1 is 1.00 bits per heavy atom. The molecule has 0 saturated carbocycles. The summed E-state index contributed by atoms with van der Waals surface area (Å²) in [7, 11) is 0. The van der Waals surface area contributed by atoms with Gasteiger partial charge in [-0.15, -0.1) is 0 Å². The zero-order chi connectivity index (χ0) is 21.0. The molecule has 0 amide bonds. The van der Waals surface area contributed by atoms with Crippen molar-refractivity contribution < 1.29 is 9.84 Å². The molecule has 1 saturated heterocycles. The summed E-state index contributed by atoms with van der Waals surface area (Å²) < 4.78 is 7.44. The summed E-state index contributed by atoms with van der Waals surface area (Å²) in [5.74, 6) is 1.23. The molecule has 0 spiro atoms. The van der Waals surface area contributed by atoms with Crippen molar-refractivity contribution in [3.63, 3.8) is 0 Å². The van der Waals surface area contributed by atoms with Gasteiger partial charge >= 0.3 is 0 Å². The van der Waals surface area contributed by atoms with Crippen LogP contribution in [0.4, 0.5) is 5.82 Å². The number of aromatic hydroxyl groups is 1. The van der Waals surface area contributed by atoms with Crippen LogP contribution in [0.15, 0.2) is 71.7 Å². The molecule has 4 aromatic rings. The number of phenols is 1. The number of nitrogens with zero attached hydrogens (tertiary/aromatic N) is 5. The van der Waals surface area contributed by atoms with Gasteiger partial charge in [-0.3, -0.25) is 4.99 Å². The van der Waals surface area contributed by atoms with Crippen LogP contribution in [0.1, 0.15) is 11.3 Å².